The number of allylic oxidation sites excluding steroid dienone is 2. The molecule has 0 amide bonds. The lowest BCUT2D eigenvalue weighted by Gasteiger charge is -1.85. The summed E-state index contributed by atoms with van der Waals surface area (Å²) in [5, 5.41) is 0. The third-order valence-corrected chi connectivity index (χ3v) is 0.932. The van der Waals surface area contributed by atoms with Gasteiger partial charge in [-0.3, -0.25) is 9.59 Å². The van der Waals surface area contributed by atoms with E-state index in [9.17, 15) is 9.59 Å². The molecule has 0 unspecified atom stereocenters. The fourth-order valence-electron chi connectivity index (χ4n) is 0.369. The maximum absolute atomic E-state index is 10.5. The molecule has 0 aliphatic heterocycles. The lowest BCUT2D eigenvalue weighted by atomic mass is 10.2. The first-order valence-electron chi connectivity index (χ1n) is 2.83. The zero-order valence-corrected chi connectivity index (χ0v) is 5.68. The van der Waals surface area contributed by atoms with Crippen molar-refractivity contribution in [3.63, 3.8) is 0 Å². The Kier molecular flexibility index (Phi) is 3.60. The van der Waals surface area contributed by atoms with Gasteiger partial charge in [0.1, 0.15) is 0 Å². The second kappa shape index (κ2) is 4.01. The Balaban J connectivity index is 3.65. The molecule has 0 heterocycles. The van der Waals surface area contributed by atoms with Crippen LogP contribution >= 0.6 is 0 Å². The summed E-state index contributed by atoms with van der Waals surface area (Å²) in [7, 11) is 0. The molecule has 0 aliphatic carbocycles. The van der Waals surface area contributed by atoms with Gasteiger partial charge in [-0.2, -0.15) is 0 Å². The van der Waals surface area contributed by atoms with Gasteiger partial charge in [-0.15, -0.1) is 0 Å². The fraction of sp³-hybridized carbons (Fsp3) is 0.429. The Morgan fingerprint density at radius 3 is 2.33 bits per heavy atom. The molecular weight excluding hydrogens is 116 g/mol. The van der Waals surface area contributed by atoms with Gasteiger partial charge in [0.2, 0.25) is 5.78 Å². The van der Waals surface area contributed by atoms with Gasteiger partial charge in [-0.05, 0) is 6.92 Å². The zero-order chi connectivity index (χ0) is 7.28. The molecular formula is C7H10O2. The van der Waals surface area contributed by atoms with Crippen molar-refractivity contribution in [2.75, 3.05) is 0 Å². The summed E-state index contributed by atoms with van der Waals surface area (Å²) in [5.41, 5.74) is 0. The number of carbonyl (C=O) groups excluding carboxylic acids is 2. The van der Waals surface area contributed by atoms with E-state index in [1.54, 1.807) is 12.2 Å². The van der Waals surface area contributed by atoms with E-state index in [0.29, 0.717) is 0 Å². The highest BCUT2D eigenvalue weighted by Gasteiger charge is 2.02. The Morgan fingerprint density at radius 2 is 2.00 bits per heavy atom. The Labute approximate surface area is 54.6 Å². The third kappa shape index (κ3) is 3.64. The predicted molar refractivity (Wildman–Crippen MR) is 35.1 cm³/mol. The molecule has 0 saturated carbocycles. The molecule has 2 nitrogen and oxygen atoms in total. The van der Waals surface area contributed by atoms with Crippen LogP contribution in [0, 0.1) is 0 Å². The SMILES string of the molecule is C/C=C/CC(=O)C(C)=O. The number of hydrogen-bond donors (Lipinski definition) is 0. The predicted octanol–water partition coefficient (Wildman–Crippen LogP) is 1.11. The summed E-state index contributed by atoms with van der Waals surface area (Å²) < 4.78 is 0. The monoisotopic (exact) mass is 126 g/mol. The molecule has 0 bridgehead atoms. The van der Waals surface area contributed by atoms with Crippen molar-refractivity contribution in [2.45, 2.75) is 20.3 Å². The zero-order valence-electron chi connectivity index (χ0n) is 5.68. The number of Topliss-reactive ketones (excluding diaryl/α,β-unsaturated/α-hetero) is 2. The van der Waals surface area contributed by atoms with E-state index in [1.165, 1.54) is 6.92 Å². The molecule has 0 spiro atoms. The largest absolute Gasteiger partial charge is 0.291 e. The maximum atomic E-state index is 10.5. The van der Waals surface area contributed by atoms with Crippen molar-refractivity contribution in [3.8, 4) is 0 Å². The van der Waals surface area contributed by atoms with Crippen LogP contribution in [0.15, 0.2) is 12.2 Å². The molecule has 0 aromatic carbocycles. The van der Waals surface area contributed by atoms with Crippen molar-refractivity contribution < 1.29 is 9.59 Å². The Morgan fingerprint density at radius 1 is 1.44 bits per heavy atom. The van der Waals surface area contributed by atoms with Gasteiger partial charge in [-0.25, -0.2) is 0 Å². The highest BCUT2D eigenvalue weighted by Crippen LogP contribution is 1.86. The topological polar surface area (TPSA) is 34.1 Å². The van der Waals surface area contributed by atoms with Crippen molar-refractivity contribution in [3.05, 3.63) is 12.2 Å². The summed E-state index contributed by atoms with van der Waals surface area (Å²) in [6, 6.07) is 0. The molecule has 0 N–H and O–H groups in total. The van der Waals surface area contributed by atoms with Gasteiger partial charge in [0.15, 0.2) is 5.78 Å². The smallest absolute Gasteiger partial charge is 0.201 e. The highest BCUT2D eigenvalue weighted by molar-refractivity contribution is 6.36. The van der Waals surface area contributed by atoms with Crippen LogP contribution in [0.2, 0.25) is 0 Å². The van der Waals surface area contributed by atoms with E-state index in [2.05, 4.69) is 0 Å². The molecule has 50 valence electrons. The fourth-order valence-corrected chi connectivity index (χ4v) is 0.369. The molecule has 0 fully saturated rings. The van der Waals surface area contributed by atoms with E-state index in [1.807, 2.05) is 6.92 Å². The van der Waals surface area contributed by atoms with Gasteiger partial charge >= 0.3 is 0 Å². The first-order valence-corrected chi connectivity index (χ1v) is 2.83. The van der Waals surface area contributed by atoms with Crippen molar-refractivity contribution in [1.29, 1.82) is 0 Å². The number of ketones is 2. The van der Waals surface area contributed by atoms with Crippen LogP contribution in [0.5, 0.6) is 0 Å². The van der Waals surface area contributed by atoms with Gasteiger partial charge in [0.25, 0.3) is 0 Å². The van der Waals surface area contributed by atoms with Crippen LogP contribution in [0.25, 0.3) is 0 Å². The lowest BCUT2D eigenvalue weighted by molar-refractivity contribution is -0.134. The number of rotatable bonds is 3. The molecule has 0 aromatic heterocycles. The molecule has 0 atom stereocenters. The van der Waals surface area contributed by atoms with Crippen LogP contribution in [0.4, 0.5) is 0 Å². The van der Waals surface area contributed by atoms with Crippen molar-refractivity contribution in [2.24, 2.45) is 0 Å². The van der Waals surface area contributed by atoms with Gasteiger partial charge in [0, 0.05) is 13.3 Å². The first kappa shape index (κ1) is 8.08. The van der Waals surface area contributed by atoms with Crippen LogP contribution in [-0.4, -0.2) is 11.6 Å². The lowest BCUT2D eigenvalue weighted by Crippen LogP contribution is -2.06. The average molecular weight is 126 g/mol. The van der Waals surface area contributed by atoms with Crippen LogP contribution in [0.3, 0.4) is 0 Å². The van der Waals surface area contributed by atoms with Gasteiger partial charge in [-0.1, -0.05) is 12.2 Å². The van der Waals surface area contributed by atoms with E-state index in [4.69, 9.17) is 0 Å². The van der Waals surface area contributed by atoms with Crippen LogP contribution < -0.4 is 0 Å². The van der Waals surface area contributed by atoms with E-state index in [-0.39, 0.29) is 18.0 Å². The second-order valence-corrected chi connectivity index (χ2v) is 1.75. The molecule has 0 saturated heterocycles. The molecule has 0 rings (SSSR count). The molecule has 9 heavy (non-hydrogen) atoms. The number of hydrogen-bond acceptors (Lipinski definition) is 2. The van der Waals surface area contributed by atoms with E-state index in [0.717, 1.165) is 0 Å². The van der Waals surface area contributed by atoms with E-state index >= 15 is 0 Å². The quantitative estimate of drug-likeness (QED) is 0.419. The third-order valence-electron chi connectivity index (χ3n) is 0.932. The Hall–Kier alpha value is -0.920. The highest BCUT2D eigenvalue weighted by atomic mass is 16.2. The Bertz CT molecular complexity index is 145. The average Bonchev–Trinajstić information content (AvgIpc) is 1.82. The first-order chi connectivity index (χ1) is 4.18. The summed E-state index contributed by atoms with van der Waals surface area (Å²) in [6.45, 7) is 3.10. The summed E-state index contributed by atoms with van der Waals surface area (Å²) in [5.74, 6) is -0.693. The van der Waals surface area contributed by atoms with Crippen LogP contribution in [0.1, 0.15) is 20.3 Å². The van der Waals surface area contributed by atoms with Gasteiger partial charge in [0.05, 0.1) is 0 Å². The van der Waals surface area contributed by atoms with Crippen molar-refractivity contribution in [1.82, 2.24) is 0 Å². The number of carbonyl (C=O) groups is 2. The molecule has 0 aliphatic rings. The maximum Gasteiger partial charge on any atom is 0.201 e. The van der Waals surface area contributed by atoms with Crippen LogP contribution in [-0.2, 0) is 9.59 Å². The second-order valence-electron chi connectivity index (χ2n) is 1.75. The summed E-state index contributed by atoms with van der Waals surface area (Å²) >= 11 is 0. The minimum absolute atomic E-state index is 0.242. The minimum atomic E-state index is -0.367. The molecule has 0 radical (unpaired) electrons. The standard InChI is InChI=1S/C7H10O2/c1-3-4-5-7(9)6(2)8/h3-4H,5H2,1-2H3/b4-3+. The van der Waals surface area contributed by atoms with Gasteiger partial charge < -0.3 is 0 Å². The van der Waals surface area contributed by atoms with Crippen molar-refractivity contribution >= 4 is 11.6 Å². The normalized spacial score (nSPS) is 10.0. The van der Waals surface area contributed by atoms with E-state index < -0.39 is 0 Å². The molecule has 0 aromatic rings. The molecule has 2 heteroatoms. The summed E-state index contributed by atoms with van der Waals surface area (Å²) in [6.07, 6.45) is 3.66. The summed E-state index contributed by atoms with van der Waals surface area (Å²) in [4.78, 5) is 20.8. The minimum Gasteiger partial charge on any atom is -0.291 e.